The third-order valence-corrected chi connectivity index (χ3v) is 9.87. The second-order valence-electron chi connectivity index (χ2n) is 12.6. The van der Waals surface area contributed by atoms with Crippen LogP contribution in [0, 0.1) is 0 Å². The third kappa shape index (κ3) is 9.26. The summed E-state index contributed by atoms with van der Waals surface area (Å²) >= 11 is 0. The summed E-state index contributed by atoms with van der Waals surface area (Å²) < 4.78 is 0.677. The van der Waals surface area contributed by atoms with Crippen molar-refractivity contribution >= 4 is 11.8 Å². The number of hydrogen-bond acceptors (Lipinski definition) is 6. The predicted octanol–water partition coefficient (Wildman–Crippen LogP) is 2.58. The number of quaternary nitrogens is 1. The molecule has 5 saturated heterocycles. The van der Waals surface area contributed by atoms with Gasteiger partial charge in [0.1, 0.15) is 6.04 Å². The van der Waals surface area contributed by atoms with Crippen LogP contribution in [-0.2, 0) is 9.59 Å². The number of hydrogen-bond donors (Lipinski definition) is 0. The predicted molar refractivity (Wildman–Crippen MR) is 156 cm³/mol. The first-order valence-electron chi connectivity index (χ1n) is 15.7. The number of nitrogens with zero attached hydrogens (tertiary/aromatic N) is 6. The maximum atomic E-state index is 11.7. The zero-order chi connectivity index (χ0) is 27.5. The third-order valence-electron chi connectivity index (χ3n) is 9.87. The van der Waals surface area contributed by atoms with Crippen LogP contribution in [-0.4, -0.2) is 152 Å². The van der Waals surface area contributed by atoms with Gasteiger partial charge in [-0.05, 0) is 84.8 Å². The number of likely N-dealkylation sites (tertiary alicyclic amines) is 4. The van der Waals surface area contributed by atoms with Crippen molar-refractivity contribution in [2.75, 3.05) is 99.2 Å². The number of carbonyl (C=O) groups excluding carboxylic acids is 2. The Balaban J connectivity index is 0.000000161. The Kier molecular flexibility index (Phi) is 13.0. The average Bonchev–Trinajstić information content (AvgIpc) is 3.71. The second-order valence-corrected chi connectivity index (χ2v) is 12.6. The van der Waals surface area contributed by atoms with Crippen molar-refractivity contribution in [1.29, 1.82) is 0 Å². The van der Waals surface area contributed by atoms with Crippen LogP contribution in [0.15, 0.2) is 0 Å². The topological polar surface area (TPSA) is 50.3 Å². The monoisotopic (exact) mass is 535 g/mol. The van der Waals surface area contributed by atoms with Gasteiger partial charge in [-0.25, -0.2) is 4.79 Å². The Hall–Kier alpha value is -1.06. The van der Waals surface area contributed by atoms with E-state index in [9.17, 15) is 9.59 Å². The summed E-state index contributed by atoms with van der Waals surface area (Å²) in [6.07, 6.45) is 10.8. The van der Waals surface area contributed by atoms with Gasteiger partial charge in [0.15, 0.2) is 0 Å². The SMILES string of the molecule is CC(=O)N1CCN(C)CC1.CC(=O)[N+]1(C)CCCC1CN1CCCC1.CCN1CCCC1CN1CCCC1. The summed E-state index contributed by atoms with van der Waals surface area (Å²) in [5.74, 6) is 0.546. The molecule has 3 atom stereocenters. The van der Waals surface area contributed by atoms with Crippen LogP contribution in [0.2, 0.25) is 0 Å². The average molecular weight is 536 g/mol. The van der Waals surface area contributed by atoms with Crippen molar-refractivity contribution in [3.05, 3.63) is 0 Å². The Labute approximate surface area is 233 Å². The van der Waals surface area contributed by atoms with Gasteiger partial charge in [-0.3, -0.25) is 19.1 Å². The fourth-order valence-electron chi connectivity index (χ4n) is 6.97. The lowest BCUT2D eigenvalue weighted by Crippen LogP contribution is -2.55. The molecule has 5 heterocycles. The van der Waals surface area contributed by atoms with E-state index in [0.717, 1.165) is 45.3 Å². The van der Waals surface area contributed by atoms with Crippen molar-refractivity contribution < 1.29 is 14.1 Å². The second kappa shape index (κ2) is 15.7. The lowest BCUT2D eigenvalue weighted by molar-refractivity contribution is -0.845. The molecule has 5 rings (SSSR count). The van der Waals surface area contributed by atoms with Crippen molar-refractivity contribution in [1.82, 2.24) is 24.5 Å². The molecule has 0 bridgehead atoms. The quantitative estimate of drug-likeness (QED) is 0.505. The van der Waals surface area contributed by atoms with Crippen LogP contribution in [0.4, 0.5) is 0 Å². The van der Waals surface area contributed by atoms with Gasteiger partial charge < -0.3 is 14.7 Å². The Morgan fingerprint density at radius 1 is 0.737 bits per heavy atom. The molecule has 5 fully saturated rings. The maximum absolute atomic E-state index is 11.7. The van der Waals surface area contributed by atoms with Crippen molar-refractivity contribution in [2.24, 2.45) is 0 Å². The molecule has 220 valence electrons. The van der Waals surface area contributed by atoms with Gasteiger partial charge in [-0.1, -0.05) is 6.92 Å². The molecule has 2 amide bonds. The number of piperazine rings is 1. The molecule has 38 heavy (non-hydrogen) atoms. The van der Waals surface area contributed by atoms with Gasteiger partial charge in [-0.15, -0.1) is 0 Å². The Morgan fingerprint density at radius 3 is 1.84 bits per heavy atom. The van der Waals surface area contributed by atoms with E-state index in [2.05, 4.69) is 40.6 Å². The van der Waals surface area contributed by atoms with E-state index >= 15 is 0 Å². The molecule has 5 aliphatic heterocycles. The highest BCUT2D eigenvalue weighted by molar-refractivity contribution is 5.73. The molecule has 0 aromatic heterocycles. The van der Waals surface area contributed by atoms with Crippen LogP contribution < -0.4 is 0 Å². The molecule has 0 spiro atoms. The van der Waals surface area contributed by atoms with E-state index in [1.54, 1.807) is 13.8 Å². The molecular formula is C30H59N6O2+. The van der Waals surface area contributed by atoms with Gasteiger partial charge in [0, 0.05) is 58.5 Å². The standard InChI is InChI=1S/C12H23N2O.C11H22N2.C7H14N2O/c1-11(15)14(2)9-5-6-12(14)10-13-7-3-4-8-13;1-2-13-9-5-6-11(13)10-12-7-3-4-8-12;1-7(10)9-5-3-8(2)4-6-9/h12H,3-10H2,1-2H3;11H,2-10H2,1H3;3-6H2,1-2H3/q+1;;. The number of likely N-dealkylation sites (N-methyl/N-ethyl adjacent to an activating group) is 3. The largest absolute Gasteiger partial charge is 0.340 e. The van der Waals surface area contributed by atoms with E-state index < -0.39 is 0 Å². The van der Waals surface area contributed by atoms with E-state index in [4.69, 9.17) is 0 Å². The molecule has 3 unspecified atom stereocenters. The van der Waals surface area contributed by atoms with Gasteiger partial charge in [0.2, 0.25) is 5.91 Å². The van der Waals surface area contributed by atoms with Gasteiger partial charge in [0.25, 0.3) is 0 Å². The molecule has 5 aliphatic rings. The first-order chi connectivity index (χ1) is 18.2. The number of carbonyl (C=O) groups is 2. The fourth-order valence-corrected chi connectivity index (χ4v) is 6.97. The zero-order valence-corrected chi connectivity index (χ0v) is 25.5. The van der Waals surface area contributed by atoms with Gasteiger partial charge in [-0.2, -0.15) is 0 Å². The molecule has 0 N–H and O–H groups in total. The van der Waals surface area contributed by atoms with Crippen LogP contribution in [0.1, 0.15) is 72.1 Å². The highest BCUT2D eigenvalue weighted by atomic mass is 16.2. The minimum Gasteiger partial charge on any atom is -0.340 e. The molecule has 0 radical (unpaired) electrons. The smallest absolute Gasteiger partial charge is 0.310 e. The summed E-state index contributed by atoms with van der Waals surface area (Å²) in [6.45, 7) is 20.8. The highest BCUT2D eigenvalue weighted by Gasteiger charge is 2.42. The zero-order valence-electron chi connectivity index (χ0n) is 25.5. The van der Waals surface area contributed by atoms with E-state index in [0.29, 0.717) is 16.4 Å². The first-order valence-corrected chi connectivity index (χ1v) is 15.7. The summed E-state index contributed by atoms with van der Waals surface area (Å²) in [7, 11) is 4.20. The Bertz CT molecular complexity index is 716. The van der Waals surface area contributed by atoms with Crippen LogP contribution in [0.25, 0.3) is 0 Å². The summed E-state index contributed by atoms with van der Waals surface area (Å²) in [4.78, 5) is 34.5. The normalized spacial score (nSPS) is 31.1. The minimum absolute atomic E-state index is 0.202. The molecule has 0 saturated carbocycles. The van der Waals surface area contributed by atoms with Crippen LogP contribution >= 0.6 is 0 Å². The van der Waals surface area contributed by atoms with E-state index in [1.807, 2.05) is 4.90 Å². The van der Waals surface area contributed by atoms with E-state index in [1.165, 1.54) is 97.2 Å². The highest BCUT2D eigenvalue weighted by Crippen LogP contribution is 2.27. The van der Waals surface area contributed by atoms with Gasteiger partial charge >= 0.3 is 5.91 Å². The summed E-state index contributed by atoms with van der Waals surface area (Å²) in [5, 5.41) is 0. The molecule has 8 heteroatoms. The first kappa shape index (κ1) is 31.5. The number of amides is 2. The molecule has 0 aliphatic carbocycles. The summed E-state index contributed by atoms with van der Waals surface area (Å²) in [5.41, 5.74) is 0. The molecular weight excluding hydrogens is 476 g/mol. The molecule has 0 aromatic carbocycles. The lowest BCUT2D eigenvalue weighted by atomic mass is 10.2. The minimum atomic E-state index is 0.202. The van der Waals surface area contributed by atoms with Crippen molar-refractivity contribution in [3.63, 3.8) is 0 Å². The van der Waals surface area contributed by atoms with Crippen LogP contribution in [0.3, 0.4) is 0 Å². The summed E-state index contributed by atoms with van der Waals surface area (Å²) in [6, 6.07) is 1.43. The van der Waals surface area contributed by atoms with Crippen LogP contribution in [0.5, 0.6) is 0 Å². The molecule has 0 aromatic rings. The number of rotatable bonds is 5. The van der Waals surface area contributed by atoms with Crippen molar-refractivity contribution in [2.45, 2.75) is 84.2 Å². The van der Waals surface area contributed by atoms with E-state index in [-0.39, 0.29) is 5.91 Å². The Morgan fingerprint density at radius 2 is 1.32 bits per heavy atom. The molecule has 8 nitrogen and oxygen atoms in total. The fraction of sp³-hybridized carbons (Fsp3) is 0.933. The van der Waals surface area contributed by atoms with Crippen molar-refractivity contribution in [3.8, 4) is 0 Å². The van der Waals surface area contributed by atoms with Gasteiger partial charge in [0.05, 0.1) is 27.1 Å². The lowest BCUT2D eigenvalue weighted by Gasteiger charge is -2.34. The maximum Gasteiger partial charge on any atom is 0.310 e.